The second-order valence-corrected chi connectivity index (χ2v) is 5.89. The maximum Gasteiger partial charge on any atom is 0.367 e. The van der Waals surface area contributed by atoms with Crippen molar-refractivity contribution >= 4 is 23.2 Å². The summed E-state index contributed by atoms with van der Waals surface area (Å²) < 4.78 is 10.3. The van der Waals surface area contributed by atoms with Gasteiger partial charge in [-0.2, -0.15) is 0 Å². The Hall–Kier alpha value is -1.47. The minimum absolute atomic E-state index is 0.174. The summed E-state index contributed by atoms with van der Waals surface area (Å²) in [5.74, 6) is -0.284. The second kappa shape index (κ2) is 7.51. The molecule has 1 fully saturated rings. The van der Waals surface area contributed by atoms with E-state index in [9.17, 15) is 9.59 Å². The highest BCUT2D eigenvalue weighted by Gasteiger charge is 2.22. The maximum absolute atomic E-state index is 12.3. The number of hydrogen-bond donors (Lipinski definition) is 0. The molecule has 21 heavy (non-hydrogen) atoms. The molecule has 0 aromatic carbocycles. The number of amides is 1. The lowest BCUT2D eigenvalue weighted by molar-refractivity contribution is 0.0387. The predicted octanol–water partition coefficient (Wildman–Crippen LogP) is 1.82. The number of hydrogen-bond acceptors (Lipinski definition) is 6. The molecule has 0 aliphatic carbocycles. The number of rotatable bonds is 5. The van der Waals surface area contributed by atoms with Gasteiger partial charge in [-0.1, -0.05) is 0 Å². The molecule has 1 aliphatic rings. The quantitative estimate of drug-likeness (QED) is 0.776. The molecule has 116 valence electrons. The first-order chi connectivity index (χ1) is 10.1. The van der Waals surface area contributed by atoms with Gasteiger partial charge in [-0.3, -0.25) is 4.79 Å². The zero-order chi connectivity index (χ0) is 15.2. The Bertz CT molecular complexity index is 497. The van der Waals surface area contributed by atoms with E-state index in [-0.39, 0.29) is 10.9 Å². The zero-order valence-electron chi connectivity index (χ0n) is 12.3. The van der Waals surface area contributed by atoms with Crippen LogP contribution in [-0.2, 0) is 9.47 Å². The molecule has 6 nitrogen and oxygen atoms in total. The molecule has 1 amide bonds. The Labute approximate surface area is 128 Å². The first kappa shape index (κ1) is 15.9. The van der Waals surface area contributed by atoms with Crippen LogP contribution < -0.4 is 0 Å². The van der Waals surface area contributed by atoms with Crippen molar-refractivity contribution in [2.24, 2.45) is 5.92 Å². The highest BCUT2D eigenvalue weighted by atomic mass is 32.1. The molecule has 1 unspecified atom stereocenters. The lowest BCUT2D eigenvalue weighted by atomic mass is 10.0. The summed E-state index contributed by atoms with van der Waals surface area (Å²) in [7, 11) is 1.75. The number of thiazole rings is 1. The maximum atomic E-state index is 12.3. The molecule has 0 bridgehead atoms. The summed E-state index contributed by atoms with van der Waals surface area (Å²) in [5, 5.41) is 1.82. The first-order valence-corrected chi connectivity index (χ1v) is 7.95. The molecule has 0 radical (unpaired) electrons. The Morgan fingerprint density at radius 2 is 2.38 bits per heavy atom. The van der Waals surface area contributed by atoms with Crippen molar-refractivity contribution in [3.05, 3.63) is 16.1 Å². The third kappa shape index (κ3) is 4.25. The minimum Gasteiger partial charge on any atom is -0.461 e. The van der Waals surface area contributed by atoms with E-state index < -0.39 is 5.97 Å². The SMILES string of the molecule is CCOC(=O)c1nc(C(=O)N(C)CC2CCCOC2)cs1. The van der Waals surface area contributed by atoms with Crippen molar-refractivity contribution in [3.8, 4) is 0 Å². The van der Waals surface area contributed by atoms with Gasteiger partial charge < -0.3 is 14.4 Å². The number of aromatic nitrogens is 1. The largest absolute Gasteiger partial charge is 0.461 e. The Morgan fingerprint density at radius 3 is 3.05 bits per heavy atom. The van der Waals surface area contributed by atoms with Gasteiger partial charge in [0.2, 0.25) is 5.01 Å². The van der Waals surface area contributed by atoms with Crippen LogP contribution in [0.4, 0.5) is 0 Å². The molecule has 0 spiro atoms. The van der Waals surface area contributed by atoms with Crippen LogP contribution in [0.3, 0.4) is 0 Å². The van der Waals surface area contributed by atoms with Gasteiger partial charge in [0.1, 0.15) is 5.69 Å². The van der Waals surface area contributed by atoms with Gasteiger partial charge in [-0.05, 0) is 25.7 Å². The topological polar surface area (TPSA) is 68.7 Å². The zero-order valence-corrected chi connectivity index (χ0v) is 13.1. The predicted molar refractivity (Wildman–Crippen MR) is 78.6 cm³/mol. The van der Waals surface area contributed by atoms with E-state index in [1.54, 1.807) is 24.3 Å². The molecule has 2 heterocycles. The van der Waals surface area contributed by atoms with Gasteiger partial charge in [0.25, 0.3) is 5.91 Å². The normalized spacial score (nSPS) is 18.3. The first-order valence-electron chi connectivity index (χ1n) is 7.07. The van der Waals surface area contributed by atoms with Crippen LogP contribution >= 0.6 is 11.3 Å². The number of esters is 1. The van der Waals surface area contributed by atoms with E-state index in [0.29, 0.717) is 31.4 Å². The highest BCUT2D eigenvalue weighted by Crippen LogP contribution is 2.17. The highest BCUT2D eigenvalue weighted by molar-refractivity contribution is 7.11. The second-order valence-electron chi connectivity index (χ2n) is 5.03. The summed E-state index contributed by atoms with van der Waals surface area (Å²) in [4.78, 5) is 29.5. The van der Waals surface area contributed by atoms with Crippen molar-refractivity contribution in [1.29, 1.82) is 0 Å². The van der Waals surface area contributed by atoms with Gasteiger partial charge in [-0.25, -0.2) is 9.78 Å². The van der Waals surface area contributed by atoms with E-state index in [4.69, 9.17) is 9.47 Å². The molecule has 0 N–H and O–H groups in total. The average molecular weight is 312 g/mol. The van der Waals surface area contributed by atoms with Gasteiger partial charge in [-0.15, -0.1) is 11.3 Å². The summed E-state index contributed by atoms with van der Waals surface area (Å²) in [6.07, 6.45) is 2.11. The van der Waals surface area contributed by atoms with E-state index in [1.165, 1.54) is 0 Å². The van der Waals surface area contributed by atoms with Crippen LogP contribution in [0.1, 0.15) is 40.1 Å². The number of nitrogens with zero attached hydrogens (tertiary/aromatic N) is 2. The Morgan fingerprint density at radius 1 is 1.57 bits per heavy atom. The van der Waals surface area contributed by atoms with Crippen LogP contribution in [0, 0.1) is 5.92 Å². The summed E-state index contributed by atoms with van der Waals surface area (Å²) >= 11 is 1.13. The van der Waals surface area contributed by atoms with Crippen LogP contribution in [0.5, 0.6) is 0 Å². The van der Waals surface area contributed by atoms with E-state index in [2.05, 4.69) is 4.98 Å². The van der Waals surface area contributed by atoms with Crippen LogP contribution in [0.25, 0.3) is 0 Å². The molecule has 1 atom stereocenters. The third-order valence-electron chi connectivity index (χ3n) is 3.31. The molecule has 1 aromatic heterocycles. The molecule has 1 aromatic rings. The van der Waals surface area contributed by atoms with E-state index in [0.717, 1.165) is 30.8 Å². The van der Waals surface area contributed by atoms with Crippen molar-refractivity contribution in [2.75, 3.05) is 33.4 Å². The van der Waals surface area contributed by atoms with Gasteiger partial charge >= 0.3 is 5.97 Å². The fourth-order valence-corrected chi connectivity index (χ4v) is 2.96. The van der Waals surface area contributed by atoms with Crippen molar-refractivity contribution < 1.29 is 19.1 Å². The van der Waals surface area contributed by atoms with Gasteiger partial charge in [0.15, 0.2) is 0 Å². The standard InChI is InChI=1S/C14H20N2O4S/c1-3-20-14(18)12-15-11(9-21-12)13(17)16(2)7-10-5-4-6-19-8-10/h9-10H,3-8H2,1-2H3. The number of ether oxygens (including phenoxy) is 2. The third-order valence-corrected chi connectivity index (χ3v) is 4.13. The van der Waals surface area contributed by atoms with Crippen molar-refractivity contribution in [2.45, 2.75) is 19.8 Å². The molecular formula is C14H20N2O4S. The lowest BCUT2D eigenvalue weighted by Crippen LogP contribution is -2.35. The molecule has 0 saturated carbocycles. The minimum atomic E-state index is -0.482. The molecule has 1 saturated heterocycles. The fraction of sp³-hybridized carbons (Fsp3) is 0.643. The monoisotopic (exact) mass is 312 g/mol. The summed E-state index contributed by atoms with van der Waals surface area (Å²) in [6, 6.07) is 0. The Kier molecular flexibility index (Phi) is 5.69. The average Bonchev–Trinajstić information content (AvgIpc) is 2.97. The lowest BCUT2D eigenvalue weighted by Gasteiger charge is -2.26. The summed E-state index contributed by atoms with van der Waals surface area (Å²) in [6.45, 7) is 4.18. The molecular weight excluding hydrogens is 292 g/mol. The van der Waals surface area contributed by atoms with E-state index in [1.807, 2.05) is 0 Å². The summed E-state index contributed by atoms with van der Waals surface area (Å²) in [5.41, 5.74) is 0.294. The van der Waals surface area contributed by atoms with Crippen LogP contribution in [0.2, 0.25) is 0 Å². The number of carbonyl (C=O) groups is 2. The van der Waals surface area contributed by atoms with Crippen LogP contribution in [0.15, 0.2) is 5.38 Å². The molecule has 2 rings (SSSR count). The fourth-order valence-electron chi connectivity index (χ4n) is 2.28. The molecule has 1 aliphatic heterocycles. The van der Waals surface area contributed by atoms with Gasteiger partial charge in [0, 0.05) is 25.6 Å². The smallest absolute Gasteiger partial charge is 0.367 e. The van der Waals surface area contributed by atoms with E-state index >= 15 is 0 Å². The number of carbonyl (C=O) groups excluding carboxylic acids is 2. The van der Waals surface area contributed by atoms with Crippen molar-refractivity contribution in [1.82, 2.24) is 9.88 Å². The van der Waals surface area contributed by atoms with Crippen LogP contribution in [-0.4, -0.2) is 55.2 Å². The van der Waals surface area contributed by atoms with Gasteiger partial charge in [0.05, 0.1) is 13.2 Å². The molecule has 7 heteroatoms. The van der Waals surface area contributed by atoms with Crippen molar-refractivity contribution in [3.63, 3.8) is 0 Å². The Balaban J connectivity index is 1.94.